The van der Waals surface area contributed by atoms with Gasteiger partial charge in [0.2, 0.25) is 5.95 Å². The van der Waals surface area contributed by atoms with E-state index in [1.807, 2.05) is 6.92 Å². The molecule has 1 aromatic carbocycles. The maximum atomic E-state index is 12.9. The Morgan fingerprint density at radius 1 is 1.29 bits per heavy atom. The highest BCUT2D eigenvalue weighted by Crippen LogP contribution is 2.19. The third-order valence-corrected chi connectivity index (χ3v) is 3.14. The predicted molar refractivity (Wildman–Crippen MR) is 79.3 cm³/mol. The number of hydrogen-bond acceptors (Lipinski definition) is 5. The summed E-state index contributed by atoms with van der Waals surface area (Å²) in [4.78, 5) is 15.3. The van der Waals surface area contributed by atoms with Gasteiger partial charge in [-0.1, -0.05) is 12.1 Å². The van der Waals surface area contributed by atoms with E-state index in [1.54, 1.807) is 18.5 Å². The van der Waals surface area contributed by atoms with Gasteiger partial charge in [-0.3, -0.25) is 0 Å². The fraction of sp³-hybridized carbons (Fsp3) is 0.214. The molecule has 0 spiro atoms. The standard InChI is InChI=1S/C14H15FN6/c1-8(6-9-2-4-10(15)5-3-9)19-13-11-12(18-7-17-11)20-14(16)21-13/h2-5,7-8H,6H2,1H3,(H4,16,17,18,19,20,21). The van der Waals surface area contributed by atoms with E-state index >= 15 is 0 Å². The van der Waals surface area contributed by atoms with Crippen molar-refractivity contribution < 1.29 is 4.39 Å². The molecular formula is C14H15FN6. The van der Waals surface area contributed by atoms with Crippen LogP contribution >= 0.6 is 0 Å². The Balaban J connectivity index is 1.78. The molecule has 0 fully saturated rings. The van der Waals surface area contributed by atoms with E-state index < -0.39 is 0 Å². The first-order chi connectivity index (χ1) is 10.1. The molecule has 0 aliphatic rings. The van der Waals surface area contributed by atoms with E-state index in [1.165, 1.54) is 12.1 Å². The van der Waals surface area contributed by atoms with E-state index in [9.17, 15) is 4.39 Å². The van der Waals surface area contributed by atoms with Gasteiger partial charge >= 0.3 is 0 Å². The van der Waals surface area contributed by atoms with Gasteiger partial charge in [0.15, 0.2) is 11.5 Å². The third-order valence-electron chi connectivity index (χ3n) is 3.14. The topological polar surface area (TPSA) is 92.5 Å². The second-order valence-corrected chi connectivity index (χ2v) is 4.91. The molecule has 6 nitrogen and oxygen atoms in total. The number of anilines is 2. The lowest BCUT2D eigenvalue weighted by Gasteiger charge is -2.15. The van der Waals surface area contributed by atoms with Gasteiger partial charge in [-0.05, 0) is 31.0 Å². The fourth-order valence-electron chi connectivity index (χ4n) is 2.21. The normalized spacial score (nSPS) is 12.5. The summed E-state index contributed by atoms with van der Waals surface area (Å²) in [6.07, 6.45) is 2.29. The second-order valence-electron chi connectivity index (χ2n) is 4.91. The van der Waals surface area contributed by atoms with E-state index in [2.05, 4.69) is 25.3 Å². The summed E-state index contributed by atoms with van der Waals surface area (Å²) >= 11 is 0. The number of halogens is 1. The van der Waals surface area contributed by atoms with Crippen LogP contribution in [-0.2, 0) is 6.42 Å². The summed E-state index contributed by atoms with van der Waals surface area (Å²) < 4.78 is 12.9. The van der Waals surface area contributed by atoms with E-state index in [0.29, 0.717) is 11.5 Å². The lowest BCUT2D eigenvalue weighted by molar-refractivity contribution is 0.626. The Labute approximate surface area is 120 Å². The Hall–Kier alpha value is -2.70. The summed E-state index contributed by atoms with van der Waals surface area (Å²) in [7, 11) is 0. The SMILES string of the molecule is CC(Cc1ccc(F)cc1)Nc1nc(N)nc2nc[nH]c12. The van der Waals surface area contributed by atoms with Gasteiger partial charge in [0.25, 0.3) is 0 Å². The summed E-state index contributed by atoms with van der Waals surface area (Å²) in [6.45, 7) is 2.02. The van der Waals surface area contributed by atoms with Gasteiger partial charge in [0, 0.05) is 6.04 Å². The molecule has 0 aliphatic carbocycles. The summed E-state index contributed by atoms with van der Waals surface area (Å²) in [5.74, 6) is 0.554. The Bertz CT molecular complexity index is 752. The smallest absolute Gasteiger partial charge is 0.224 e. The number of nitrogens with zero attached hydrogens (tertiary/aromatic N) is 3. The molecule has 0 bridgehead atoms. The minimum Gasteiger partial charge on any atom is -0.368 e. The largest absolute Gasteiger partial charge is 0.368 e. The molecule has 0 aliphatic heterocycles. The van der Waals surface area contributed by atoms with Crippen molar-refractivity contribution in [2.75, 3.05) is 11.1 Å². The first-order valence-electron chi connectivity index (χ1n) is 6.59. The van der Waals surface area contributed by atoms with Crippen LogP contribution in [0, 0.1) is 5.82 Å². The van der Waals surface area contributed by atoms with Crippen molar-refractivity contribution in [3.05, 3.63) is 42.0 Å². The molecule has 0 saturated carbocycles. The zero-order chi connectivity index (χ0) is 14.8. The molecular weight excluding hydrogens is 271 g/mol. The summed E-state index contributed by atoms with van der Waals surface area (Å²) in [5.41, 5.74) is 7.96. The number of hydrogen-bond donors (Lipinski definition) is 3. The zero-order valence-electron chi connectivity index (χ0n) is 11.5. The van der Waals surface area contributed by atoms with Crippen molar-refractivity contribution in [2.24, 2.45) is 0 Å². The second kappa shape index (κ2) is 5.35. The van der Waals surface area contributed by atoms with E-state index in [4.69, 9.17) is 5.73 Å². The van der Waals surface area contributed by atoms with Crippen LogP contribution in [0.4, 0.5) is 16.2 Å². The van der Waals surface area contributed by atoms with Gasteiger partial charge in [-0.2, -0.15) is 9.97 Å². The molecule has 1 atom stereocenters. The third kappa shape index (κ3) is 2.91. The number of aromatic amines is 1. The zero-order valence-corrected chi connectivity index (χ0v) is 11.5. The number of fused-ring (bicyclic) bond motifs is 1. The molecule has 1 unspecified atom stereocenters. The van der Waals surface area contributed by atoms with Crippen LogP contribution in [-0.4, -0.2) is 26.0 Å². The van der Waals surface area contributed by atoms with Crippen LogP contribution in [0.15, 0.2) is 30.6 Å². The molecule has 4 N–H and O–H groups in total. The Morgan fingerprint density at radius 2 is 2.05 bits per heavy atom. The van der Waals surface area contributed by atoms with Crippen LogP contribution < -0.4 is 11.1 Å². The van der Waals surface area contributed by atoms with Gasteiger partial charge in [-0.25, -0.2) is 9.37 Å². The van der Waals surface area contributed by atoms with Gasteiger partial charge in [0.1, 0.15) is 11.3 Å². The fourth-order valence-corrected chi connectivity index (χ4v) is 2.21. The lowest BCUT2D eigenvalue weighted by Crippen LogP contribution is -2.19. The quantitative estimate of drug-likeness (QED) is 0.683. The average molecular weight is 286 g/mol. The van der Waals surface area contributed by atoms with Crippen molar-refractivity contribution in [3.8, 4) is 0 Å². The molecule has 2 heterocycles. The molecule has 0 saturated heterocycles. The van der Waals surface area contributed by atoms with E-state index in [0.717, 1.165) is 17.5 Å². The first-order valence-corrected chi connectivity index (χ1v) is 6.59. The van der Waals surface area contributed by atoms with E-state index in [-0.39, 0.29) is 17.8 Å². The van der Waals surface area contributed by atoms with Crippen molar-refractivity contribution in [1.29, 1.82) is 0 Å². The van der Waals surface area contributed by atoms with Crippen LogP contribution in [0.3, 0.4) is 0 Å². The highest BCUT2D eigenvalue weighted by molar-refractivity contribution is 5.83. The minimum atomic E-state index is -0.234. The number of benzene rings is 1. The van der Waals surface area contributed by atoms with Gasteiger partial charge in [0.05, 0.1) is 6.33 Å². The molecule has 3 aromatic rings. The monoisotopic (exact) mass is 286 g/mol. The number of aromatic nitrogens is 4. The summed E-state index contributed by atoms with van der Waals surface area (Å²) in [6, 6.07) is 6.55. The number of nitrogen functional groups attached to an aromatic ring is 1. The van der Waals surface area contributed by atoms with Crippen LogP contribution in [0.25, 0.3) is 11.2 Å². The molecule has 0 radical (unpaired) electrons. The molecule has 2 aromatic heterocycles. The van der Waals surface area contributed by atoms with Gasteiger partial charge < -0.3 is 16.0 Å². The minimum absolute atomic E-state index is 0.0938. The maximum Gasteiger partial charge on any atom is 0.224 e. The molecule has 108 valence electrons. The Morgan fingerprint density at radius 3 is 2.81 bits per heavy atom. The molecule has 3 rings (SSSR count). The van der Waals surface area contributed by atoms with Gasteiger partial charge in [-0.15, -0.1) is 0 Å². The number of imidazole rings is 1. The number of nitrogens with one attached hydrogen (secondary N) is 2. The Kier molecular flexibility index (Phi) is 3.39. The van der Waals surface area contributed by atoms with Crippen molar-refractivity contribution in [3.63, 3.8) is 0 Å². The molecule has 21 heavy (non-hydrogen) atoms. The van der Waals surface area contributed by atoms with Crippen LogP contribution in [0.2, 0.25) is 0 Å². The number of H-pyrrole nitrogens is 1. The highest BCUT2D eigenvalue weighted by Gasteiger charge is 2.11. The summed E-state index contributed by atoms with van der Waals surface area (Å²) in [5, 5.41) is 3.28. The average Bonchev–Trinajstić information content (AvgIpc) is 2.89. The number of nitrogens with two attached hydrogens (primary N) is 1. The molecule has 7 heteroatoms. The van der Waals surface area contributed by atoms with Crippen molar-refractivity contribution in [2.45, 2.75) is 19.4 Å². The highest BCUT2D eigenvalue weighted by atomic mass is 19.1. The maximum absolute atomic E-state index is 12.9. The van der Waals surface area contributed by atoms with Crippen LogP contribution in [0.5, 0.6) is 0 Å². The predicted octanol–water partition coefficient (Wildman–Crippen LogP) is 2.12. The molecule has 0 amide bonds. The first kappa shape index (κ1) is 13.3. The van der Waals surface area contributed by atoms with Crippen LogP contribution in [0.1, 0.15) is 12.5 Å². The number of rotatable bonds is 4. The lowest BCUT2D eigenvalue weighted by atomic mass is 10.1. The van der Waals surface area contributed by atoms with Crippen molar-refractivity contribution >= 4 is 22.9 Å². The van der Waals surface area contributed by atoms with Crippen molar-refractivity contribution in [1.82, 2.24) is 19.9 Å².